The summed E-state index contributed by atoms with van der Waals surface area (Å²) in [5.41, 5.74) is 1.92. The monoisotopic (exact) mass is 394 g/mol. The Labute approximate surface area is 166 Å². The van der Waals surface area contributed by atoms with Crippen molar-refractivity contribution in [1.82, 2.24) is 14.8 Å². The number of carbonyl (C=O) groups excluding carboxylic acids is 1. The van der Waals surface area contributed by atoms with Crippen molar-refractivity contribution in [3.63, 3.8) is 0 Å². The summed E-state index contributed by atoms with van der Waals surface area (Å²) >= 11 is 1.31. The van der Waals surface area contributed by atoms with Crippen molar-refractivity contribution >= 4 is 17.5 Å². The van der Waals surface area contributed by atoms with Gasteiger partial charge in [-0.05, 0) is 30.3 Å². The summed E-state index contributed by atoms with van der Waals surface area (Å²) in [5.74, 6) is 2.09. The molecular formula is C20H18N4O3S. The van der Waals surface area contributed by atoms with E-state index in [1.165, 1.54) is 11.8 Å². The minimum absolute atomic E-state index is 0.0369. The Morgan fingerprint density at radius 3 is 2.46 bits per heavy atom. The molecule has 0 saturated heterocycles. The number of hydrogen-bond acceptors (Lipinski definition) is 7. The first-order chi connectivity index (χ1) is 13.6. The van der Waals surface area contributed by atoms with E-state index < -0.39 is 0 Å². The Morgan fingerprint density at radius 1 is 1.11 bits per heavy atom. The fourth-order valence-corrected chi connectivity index (χ4v) is 3.42. The number of nitriles is 1. The minimum Gasteiger partial charge on any atom is -0.493 e. The number of hydrogen-bond donors (Lipinski definition) is 0. The molecule has 0 aliphatic carbocycles. The first-order valence-corrected chi connectivity index (χ1v) is 9.34. The summed E-state index contributed by atoms with van der Waals surface area (Å²) in [6.45, 7) is 0. The lowest BCUT2D eigenvalue weighted by Crippen LogP contribution is -2.04. The van der Waals surface area contributed by atoms with Crippen LogP contribution in [0.15, 0.2) is 47.6 Å². The molecule has 0 N–H and O–H groups in total. The number of carbonyl (C=O) groups is 1. The van der Waals surface area contributed by atoms with Gasteiger partial charge in [-0.1, -0.05) is 23.9 Å². The highest BCUT2D eigenvalue weighted by Gasteiger charge is 2.15. The zero-order valence-corrected chi connectivity index (χ0v) is 16.5. The zero-order chi connectivity index (χ0) is 20.1. The van der Waals surface area contributed by atoms with Gasteiger partial charge in [-0.25, -0.2) is 0 Å². The molecule has 0 spiro atoms. The molecular weight excluding hydrogens is 376 g/mol. The van der Waals surface area contributed by atoms with Gasteiger partial charge in [0.1, 0.15) is 0 Å². The van der Waals surface area contributed by atoms with Crippen LogP contribution in [0, 0.1) is 11.3 Å². The Kier molecular flexibility index (Phi) is 5.96. The largest absolute Gasteiger partial charge is 0.493 e. The van der Waals surface area contributed by atoms with E-state index >= 15 is 0 Å². The second-order valence-electron chi connectivity index (χ2n) is 5.84. The summed E-state index contributed by atoms with van der Waals surface area (Å²) in [4.78, 5) is 12.4. The Morgan fingerprint density at radius 2 is 1.82 bits per heavy atom. The second-order valence-corrected chi connectivity index (χ2v) is 6.78. The molecule has 0 bridgehead atoms. The van der Waals surface area contributed by atoms with Crippen LogP contribution in [-0.4, -0.2) is 40.5 Å². The van der Waals surface area contributed by atoms with Crippen LogP contribution in [0.2, 0.25) is 0 Å². The van der Waals surface area contributed by atoms with E-state index in [4.69, 9.17) is 14.7 Å². The highest BCUT2D eigenvalue weighted by Crippen LogP contribution is 2.32. The minimum atomic E-state index is -0.0369. The zero-order valence-electron chi connectivity index (χ0n) is 15.7. The molecule has 8 heteroatoms. The van der Waals surface area contributed by atoms with Gasteiger partial charge in [0.25, 0.3) is 0 Å². The Hall–Kier alpha value is -3.31. The van der Waals surface area contributed by atoms with E-state index in [2.05, 4.69) is 10.2 Å². The lowest BCUT2D eigenvalue weighted by atomic mass is 10.1. The number of aromatic nitrogens is 3. The first kappa shape index (κ1) is 19.5. The molecule has 0 aliphatic rings. The van der Waals surface area contributed by atoms with Crippen LogP contribution >= 0.6 is 11.8 Å². The fourth-order valence-electron chi connectivity index (χ4n) is 2.61. The number of Topliss-reactive ketones (excluding diaryl/α,β-unsaturated/α-hetero) is 1. The van der Waals surface area contributed by atoms with Crippen LogP contribution in [0.1, 0.15) is 15.9 Å². The highest BCUT2D eigenvalue weighted by atomic mass is 32.2. The van der Waals surface area contributed by atoms with Gasteiger partial charge in [0.15, 0.2) is 28.3 Å². The van der Waals surface area contributed by atoms with Gasteiger partial charge in [0.2, 0.25) is 0 Å². The predicted molar refractivity (Wildman–Crippen MR) is 106 cm³/mol. The summed E-state index contributed by atoms with van der Waals surface area (Å²) in [6, 6.07) is 14.1. The molecule has 2 aromatic carbocycles. The lowest BCUT2D eigenvalue weighted by molar-refractivity contribution is 0.102. The topological polar surface area (TPSA) is 90.0 Å². The molecule has 28 heavy (non-hydrogen) atoms. The van der Waals surface area contributed by atoms with Crippen molar-refractivity contribution in [3.05, 3.63) is 53.6 Å². The van der Waals surface area contributed by atoms with E-state index in [9.17, 15) is 4.79 Å². The molecule has 1 aromatic heterocycles. The Balaban J connectivity index is 1.74. The molecule has 3 aromatic rings. The molecule has 0 aliphatic heterocycles. The first-order valence-electron chi connectivity index (χ1n) is 8.35. The van der Waals surface area contributed by atoms with E-state index in [0.29, 0.717) is 33.6 Å². The van der Waals surface area contributed by atoms with Gasteiger partial charge < -0.3 is 14.0 Å². The average molecular weight is 394 g/mol. The third-order valence-corrected chi connectivity index (χ3v) is 5.17. The SMILES string of the molecule is COc1ccc(-c2nnc(SCC(=O)c3ccc(C#N)cc3)n2C)cc1OC. The maximum absolute atomic E-state index is 12.4. The number of benzene rings is 2. The quantitative estimate of drug-likeness (QED) is 0.448. The molecule has 3 rings (SSSR count). The van der Waals surface area contributed by atoms with E-state index in [0.717, 1.165) is 5.56 Å². The molecule has 0 fully saturated rings. The summed E-state index contributed by atoms with van der Waals surface area (Å²) in [7, 11) is 5.01. The maximum atomic E-state index is 12.4. The van der Waals surface area contributed by atoms with Gasteiger partial charge >= 0.3 is 0 Å². The van der Waals surface area contributed by atoms with Gasteiger partial charge in [-0.2, -0.15) is 5.26 Å². The number of rotatable bonds is 7. The van der Waals surface area contributed by atoms with Crippen LogP contribution in [-0.2, 0) is 7.05 Å². The normalized spacial score (nSPS) is 10.4. The van der Waals surface area contributed by atoms with Crippen LogP contribution < -0.4 is 9.47 Å². The Bertz CT molecular complexity index is 1040. The van der Waals surface area contributed by atoms with E-state index in [-0.39, 0.29) is 11.5 Å². The second kappa shape index (κ2) is 8.59. The third-order valence-electron chi connectivity index (χ3n) is 4.14. The van der Waals surface area contributed by atoms with Crippen molar-refractivity contribution in [2.24, 2.45) is 7.05 Å². The van der Waals surface area contributed by atoms with Crippen molar-refractivity contribution in [1.29, 1.82) is 5.26 Å². The van der Waals surface area contributed by atoms with Gasteiger partial charge in [-0.3, -0.25) is 4.79 Å². The van der Waals surface area contributed by atoms with Gasteiger partial charge in [0.05, 0.1) is 31.6 Å². The summed E-state index contributed by atoms with van der Waals surface area (Å²) in [5, 5.41) is 17.9. The number of nitrogens with zero attached hydrogens (tertiary/aromatic N) is 4. The van der Waals surface area contributed by atoms with Crippen molar-refractivity contribution in [3.8, 4) is 29.0 Å². The predicted octanol–water partition coefficient (Wildman–Crippen LogP) is 3.35. The average Bonchev–Trinajstić information content (AvgIpc) is 3.11. The standard InChI is InChI=1S/C20H18N4O3S/c1-24-19(15-8-9-17(26-2)18(10-15)27-3)22-23-20(24)28-12-16(25)14-6-4-13(11-21)5-7-14/h4-10H,12H2,1-3H3. The number of ketones is 1. The van der Waals surface area contributed by atoms with Crippen LogP contribution in [0.3, 0.4) is 0 Å². The highest BCUT2D eigenvalue weighted by molar-refractivity contribution is 7.99. The maximum Gasteiger partial charge on any atom is 0.191 e. The summed E-state index contributed by atoms with van der Waals surface area (Å²) in [6.07, 6.45) is 0. The van der Waals surface area contributed by atoms with E-state index in [1.807, 2.05) is 35.9 Å². The molecule has 0 radical (unpaired) electrons. The summed E-state index contributed by atoms with van der Waals surface area (Å²) < 4.78 is 12.4. The number of ether oxygens (including phenoxy) is 2. The molecule has 0 unspecified atom stereocenters. The number of thioether (sulfide) groups is 1. The van der Waals surface area contributed by atoms with E-state index in [1.54, 1.807) is 38.5 Å². The number of methoxy groups -OCH3 is 2. The van der Waals surface area contributed by atoms with Crippen molar-refractivity contribution in [2.75, 3.05) is 20.0 Å². The molecule has 0 amide bonds. The molecule has 7 nitrogen and oxygen atoms in total. The molecule has 142 valence electrons. The van der Waals surface area contributed by atoms with Gasteiger partial charge in [-0.15, -0.1) is 10.2 Å². The fraction of sp³-hybridized carbons (Fsp3) is 0.200. The van der Waals surface area contributed by atoms with Crippen molar-refractivity contribution < 1.29 is 14.3 Å². The molecule has 1 heterocycles. The molecule has 0 atom stereocenters. The lowest BCUT2D eigenvalue weighted by Gasteiger charge is -2.09. The smallest absolute Gasteiger partial charge is 0.191 e. The van der Waals surface area contributed by atoms with Crippen LogP contribution in [0.25, 0.3) is 11.4 Å². The molecule has 0 saturated carbocycles. The van der Waals surface area contributed by atoms with Crippen molar-refractivity contribution in [2.45, 2.75) is 5.16 Å². The third kappa shape index (κ3) is 4.00. The van der Waals surface area contributed by atoms with Gasteiger partial charge in [0, 0.05) is 18.2 Å². The van der Waals surface area contributed by atoms with Crippen LogP contribution in [0.5, 0.6) is 11.5 Å². The van der Waals surface area contributed by atoms with Crippen LogP contribution in [0.4, 0.5) is 0 Å².